The Bertz CT molecular complexity index is 1020. The van der Waals surface area contributed by atoms with E-state index in [1.54, 1.807) is 6.07 Å². The van der Waals surface area contributed by atoms with Gasteiger partial charge >= 0.3 is 6.18 Å². The Balaban J connectivity index is 1.65. The Kier molecular flexibility index (Phi) is 3.38. The van der Waals surface area contributed by atoms with Crippen molar-refractivity contribution in [3.8, 4) is 0 Å². The van der Waals surface area contributed by atoms with E-state index in [0.717, 1.165) is 11.0 Å². The molecule has 0 aliphatic carbocycles. The van der Waals surface area contributed by atoms with Gasteiger partial charge in [-0.05, 0) is 31.2 Å². The number of hydrogen-bond donors (Lipinski definition) is 1. The molecule has 3 heterocycles. The van der Waals surface area contributed by atoms with Crippen LogP contribution in [0.2, 0.25) is 0 Å². The van der Waals surface area contributed by atoms with Gasteiger partial charge in [-0.15, -0.1) is 15.3 Å². The van der Waals surface area contributed by atoms with Crippen LogP contribution in [0.5, 0.6) is 0 Å². The lowest BCUT2D eigenvalue weighted by atomic mass is 10.2. The van der Waals surface area contributed by atoms with E-state index in [1.807, 2.05) is 37.3 Å². The van der Waals surface area contributed by atoms with Crippen molar-refractivity contribution in [3.05, 3.63) is 54.0 Å². The van der Waals surface area contributed by atoms with Crippen LogP contribution in [0.3, 0.4) is 0 Å². The van der Waals surface area contributed by atoms with Gasteiger partial charge in [-0.2, -0.15) is 17.7 Å². The molecule has 0 radical (unpaired) electrons. The number of nitrogens with one attached hydrogen (secondary N) is 1. The van der Waals surface area contributed by atoms with E-state index in [-0.39, 0.29) is 17.5 Å². The molecule has 0 aliphatic rings. The molecule has 6 nitrogen and oxygen atoms in total. The van der Waals surface area contributed by atoms with Crippen LogP contribution in [-0.4, -0.2) is 19.8 Å². The van der Waals surface area contributed by atoms with Gasteiger partial charge in [0.05, 0.1) is 6.04 Å². The van der Waals surface area contributed by atoms with Crippen molar-refractivity contribution >= 4 is 22.4 Å². The highest BCUT2D eigenvalue weighted by molar-refractivity contribution is 5.77. The Labute approximate surface area is 139 Å². The third-order valence-corrected chi connectivity index (χ3v) is 3.75. The van der Waals surface area contributed by atoms with Crippen molar-refractivity contribution < 1.29 is 17.6 Å². The van der Waals surface area contributed by atoms with Crippen LogP contribution in [-0.2, 0) is 6.18 Å². The Morgan fingerprint density at radius 2 is 1.92 bits per heavy atom. The third kappa shape index (κ3) is 2.77. The largest absolute Gasteiger partial charge is 0.459 e. The second kappa shape index (κ2) is 5.47. The second-order valence-corrected chi connectivity index (χ2v) is 5.56. The Morgan fingerprint density at radius 1 is 1.12 bits per heavy atom. The fourth-order valence-electron chi connectivity index (χ4n) is 2.55. The molecule has 0 bridgehead atoms. The number of para-hydroxylation sites is 1. The minimum atomic E-state index is -4.63. The lowest BCUT2D eigenvalue weighted by molar-refractivity contribution is -0.146. The van der Waals surface area contributed by atoms with Crippen LogP contribution >= 0.6 is 0 Å². The van der Waals surface area contributed by atoms with Crippen LogP contribution in [0, 0.1) is 0 Å². The minimum absolute atomic E-state index is 0.0225. The number of anilines is 1. The molecular weight excluding hydrogens is 335 g/mol. The van der Waals surface area contributed by atoms with Crippen molar-refractivity contribution in [2.45, 2.75) is 19.1 Å². The van der Waals surface area contributed by atoms with Crippen LogP contribution < -0.4 is 5.32 Å². The standard InChI is InChI=1S/C16H12F3N5O/c1-9(12-8-10-4-2-3-5-11(10)25-12)20-13-6-7-14-21-22-15(16(17,18)19)24(14)23-13/h2-9H,1H3,(H,20,23). The number of furan rings is 1. The summed E-state index contributed by atoms with van der Waals surface area (Å²) >= 11 is 0. The van der Waals surface area contributed by atoms with Crippen LogP contribution in [0.15, 0.2) is 46.9 Å². The van der Waals surface area contributed by atoms with E-state index in [9.17, 15) is 13.2 Å². The average Bonchev–Trinajstić information content (AvgIpc) is 3.17. The first-order valence-corrected chi connectivity index (χ1v) is 7.46. The van der Waals surface area contributed by atoms with Crippen LogP contribution in [0.25, 0.3) is 16.6 Å². The molecule has 1 aromatic carbocycles. The summed E-state index contributed by atoms with van der Waals surface area (Å²) in [6.45, 7) is 1.83. The summed E-state index contributed by atoms with van der Waals surface area (Å²) in [6, 6.07) is 12.1. The van der Waals surface area contributed by atoms with E-state index in [0.29, 0.717) is 10.3 Å². The molecule has 25 heavy (non-hydrogen) atoms. The molecular formula is C16H12F3N5O. The molecule has 9 heteroatoms. The number of benzene rings is 1. The molecule has 128 valence electrons. The molecule has 0 fully saturated rings. The first-order valence-electron chi connectivity index (χ1n) is 7.46. The number of nitrogens with zero attached hydrogens (tertiary/aromatic N) is 4. The molecule has 1 atom stereocenters. The average molecular weight is 347 g/mol. The first kappa shape index (κ1) is 15.4. The number of aromatic nitrogens is 4. The molecule has 0 spiro atoms. The normalized spacial score (nSPS) is 13.4. The zero-order valence-corrected chi connectivity index (χ0v) is 12.9. The second-order valence-electron chi connectivity index (χ2n) is 5.56. The van der Waals surface area contributed by atoms with Gasteiger partial charge in [0.15, 0.2) is 5.65 Å². The summed E-state index contributed by atoms with van der Waals surface area (Å²) in [7, 11) is 0. The monoisotopic (exact) mass is 347 g/mol. The summed E-state index contributed by atoms with van der Waals surface area (Å²) in [5, 5.41) is 14.6. The zero-order chi connectivity index (χ0) is 17.6. The van der Waals surface area contributed by atoms with Gasteiger partial charge in [-0.25, -0.2) is 0 Å². The van der Waals surface area contributed by atoms with Crippen LogP contribution in [0.4, 0.5) is 19.0 Å². The lowest BCUT2D eigenvalue weighted by Crippen LogP contribution is -2.14. The molecule has 1 N–H and O–H groups in total. The van der Waals surface area contributed by atoms with Gasteiger partial charge in [-0.1, -0.05) is 18.2 Å². The summed E-state index contributed by atoms with van der Waals surface area (Å²) in [5.74, 6) is -0.254. The number of hydrogen-bond acceptors (Lipinski definition) is 5. The summed E-state index contributed by atoms with van der Waals surface area (Å²) in [5.41, 5.74) is 0.766. The van der Waals surface area contributed by atoms with E-state index in [2.05, 4.69) is 20.6 Å². The maximum Gasteiger partial charge on any atom is 0.453 e. The fraction of sp³-hybridized carbons (Fsp3) is 0.188. The molecule has 1 unspecified atom stereocenters. The van der Waals surface area contributed by atoms with Gasteiger partial charge in [0.1, 0.15) is 17.2 Å². The Hall–Kier alpha value is -3.10. The Morgan fingerprint density at radius 3 is 2.68 bits per heavy atom. The number of rotatable bonds is 3. The third-order valence-electron chi connectivity index (χ3n) is 3.75. The summed E-state index contributed by atoms with van der Waals surface area (Å²) in [6.07, 6.45) is -4.63. The van der Waals surface area contributed by atoms with Crippen molar-refractivity contribution in [1.29, 1.82) is 0 Å². The molecule has 3 aromatic heterocycles. The number of halogens is 3. The van der Waals surface area contributed by atoms with Gasteiger partial charge in [0.2, 0.25) is 0 Å². The van der Waals surface area contributed by atoms with E-state index in [1.165, 1.54) is 6.07 Å². The van der Waals surface area contributed by atoms with E-state index < -0.39 is 12.0 Å². The molecule has 4 rings (SSSR count). The highest BCUT2D eigenvalue weighted by Crippen LogP contribution is 2.29. The topological polar surface area (TPSA) is 68.2 Å². The quantitative estimate of drug-likeness (QED) is 0.605. The summed E-state index contributed by atoms with van der Waals surface area (Å²) in [4.78, 5) is 0. The van der Waals surface area contributed by atoms with Gasteiger partial charge < -0.3 is 9.73 Å². The SMILES string of the molecule is CC(Nc1ccc2nnc(C(F)(F)F)n2n1)c1cc2ccccc2o1. The van der Waals surface area contributed by atoms with Gasteiger partial charge in [-0.3, -0.25) is 0 Å². The predicted octanol–water partition coefficient (Wildman–Crippen LogP) is 4.06. The van der Waals surface area contributed by atoms with Crippen molar-refractivity contribution in [2.75, 3.05) is 5.32 Å². The maximum absolute atomic E-state index is 12.9. The van der Waals surface area contributed by atoms with Crippen molar-refractivity contribution in [2.24, 2.45) is 0 Å². The highest BCUT2D eigenvalue weighted by Gasteiger charge is 2.37. The lowest BCUT2D eigenvalue weighted by Gasteiger charge is -2.12. The summed E-state index contributed by atoms with van der Waals surface area (Å²) < 4.78 is 45.2. The van der Waals surface area contributed by atoms with Crippen LogP contribution in [0.1, 0.15) is 24.6 Å². The molecule has 0 amide bonds. The molecule has 0 saturated carbocycles. The maximum atomic E-state index is 12.9. The molecule has 4 aromatic rings. The minimum Gasteiger partial charge on any atom is -0.459 e. The van der Waals surface area contributed by atoms with Crippen molar-refractivity contribution in [1.82, 2.24) is 19.8 Å². The van der Waals surface area contributed by atoms with Gasteiger partial charge in [0, 0.05) is 5.39 Å². The van der Waals surface area contributed by atoms with E-state index in [4.69, 9.17) is 4.42 Å². The fourth-order valence-corrected chi connectivity index (χ4v) is 2.55. The molecule has 0 aliphatic heterocycles. The first-order chi connectivity index (χ1) is 11.9. The number of fused-ring (bicyclic) bond motifs is 2. The number of alkyl halides is 3. The van der Waals surface area contributed by atoms with Gasteiger partial charge in [0.25, 0.3) is 5.82 Å². The van der Waals surface area contributed by atoms with Crippen molar-refractivity contribution in [3.63, 3.8) is 0 Å². The highest BCUT2D eigenvalue weighted by atomic mass is 19.4. The predicted molar refractivity (Wildman–Crippen MR) is 84.0 cm³/mol. The molecule has 0 saturated heterocycles. The smallest absolute Gasteiger partial charge is 0.453 e. The van der Waals surface area contributed by atoms with E-state index >= 15 is 0 Å². The zero-order valence-electron chi connectivity index (χ0n) is 12.9.